The zero-order valence-corrected chi connectivity index (χ0v) is 13.4. The molecule has 1 aromatic rings. The molecule has 0 aliphatic heterocycles. The van der Waals surface area contributed by atoms with E-state index in [2.05, 4.69) is 0 Å². The largest absolute Gasteiger partial charge is 0.393 e. The Labute approximate surface area is 129 Å². The summed E-state index contributed by atoms with van der Waals surface area (Å²) in [5.74, 6) is 0. The first-order valence-electron chi connectivity index (χ1n) is 6.21. The van der Waals surface area contributed by atoms with Gasteiger partial charge in [0, 0.05) is 11.6 Å². The molecule has 0 spiro atoms. The molecule has 0 bridgehead atoms. The van der Waals surface area contributed by atoms with Crippen molar-refractivity contribution in [1.29, 1.82) is 0 Å². The minimum absolute atomic E-state index is 0.202. The third-order valence-corrected chi connectivity index (χ3v) is 6.53. The molecular weight excluding hydrogens is 318 g/mol. The second-order valence-corrected chi connectivity index (χ2v) is 7.86. The van der Waals surface area contributed by atoms with Crippen LogP contribution in [0, 0.1) is 5.41 Å². The van der Waals surface area contributed by atoms with Crippen molar-refractivity contribution in [1.82, 2.24) is 0 Å². The smallest absolute Gasteiger partial charge is 0.182 e. The van der Waals surface area contributed by atoms with Gasteiger partial charge in [0.05, 0.1) is 27.2 Å². The molecule has 0 heterocycles. The van der Waals surface area contributed by atoms with Crippen molar-refractivity contribution in [2.45, 2.75) is 23.5 Å². The predicted molar refractivity (Wildman–Crippen MR) is 82.8 cm³/mol. The van der Waals surface area contributed by atoms with Crippen LogP contribution in [0.15, 0.2) is 29.2 Å². The van der Waals surface area contributed by atoms with Gasteiger partial charge < -0.3 is 10.5 Å². The summed E-state index contributed by atoms with van der Waals surface area (Å²) in [7, 11) is -3.47. The second kappa shape index (κ2) is 5.60. The molecule has 1 fully saturated rings. The van der Waals surface area contributed by atoms with Gasteiger partial charge in [-0.2, -0.15) is 0 Å². The van der Waals surface area contributed by atoms with Gasteiger partial charge >= 0.3 is 0 Å². The average molecular weight is 334 g/mol. The molecule has 7 heteroatoms. The topological polar surface area (TPSA) is 69.4 Å². The fraction of sp³-hybridized carbons (Fsp3) is 0.462. The van der Waals surface area contributed by atoms with E-state index in [1.54, 1.807) is 12.1 Å². The quantitative estimate of drug-likeness (QED) is 0.808. The molecule has 0 saturated heterocycles. The maximum absolute atomic E-state index is 12.6. The summed E-state index contributed by atoms with van der Waals surface area (Å²) in [4.78, 5) is 0.440. The molecular formula is C13H16ClNO3S2. The van der Waals surface area contributed by atoms with Gasteiger partial charge in [-0.05, 0) is 37.6 Å². The van der Waals surface area contributed by atoms with E-state index < -0.39 is 20.5 Å². The van der Waals surface area contributed by atoms with Crippen molar-refractivity contribution in [3.8, 4) is 0 Å². The SMILES string of the molecule is CCOC[C@@]1(C(N)=S)C[C@H]1S(=O)(=O)c1ccc(Cl)cc1. The van der Waals surface area contributed by atoms with Crippen LogP contribution in [0.3, 0.4) is 0 Å². The van der Waals surface area contributed by atoms with Crippen LogP contribution in [-0.2, 0) is 14.6 Å². The Morgan fingerprint density at radius 3 is 2.60 bits per heavy atom. The molecule has 110 valence electrons. The fourth-order valence-corrected chi connectivity index (χ4v) is 4.87. The van der Waals surface area contributed by atoms with Crippen molar-refractivity contribution in [3.05, 3.63) is 29.3 Å². The molecule has 0 aromatic heterocycles. The van der Waals surface area contributed by atoms with Crippen LogP contribution in [0.2, 0.25) is 5.02 Å². The van der Waals surface area contributed by atoms with Gasteiger partial charge in [-0.3, -0.25) is 0 Å². The summed E-state index contributed by atoms with van der Waals surface area (Å²) in [6.07, 6.45) is 0.410. The molecule has 2 N–H and O–H groups in total. The Kier molecular flexibility index (Phi) is 4.39. The van der Waals surface area contributed by atoms with E-state index in [0.29, 0.717) is 18.1 Å². The number of rotatable bonds is 6. The minimum Gasteiger partial charge on any atom is -0.393 e. The Morgan fingerprint density at radius 2 is 2.10 bits per heavy atom. The molecule has 1 saturated carbocycles. The summed E-state index contributed by atoms with van der Waals surface area (Å²) in [6, 6.07) is 6.12. The van der Waals surface area contributed by atoms with Crippen LogP contribution >= 0.6 is 23.8 Å². The van der Waals surface area contributed by atoms with E-state index in [0.717, 1.165) is 0 Å². The number of halogens is 1. The lowest BCUT2D eigenvalue weighted by molar-refractivity contribution is 0.123. The van der Waals surface area contributed by atoms with Gasteiger partial charge in [-0.1, -0.05) is 23.8 Å². The third-order valence-electron chi connectivity index (χ3n) is 3.58. The standard InChI is InChI=1S/C13H16ClNO3S2/c1-2-18-8-13(12(15)19)7-11(13)20(16,17)10-5-3-9(14)4-6-10/h3-6,11H,2,7-8H2,1H3,(H2,15,19)/t11-,13+/m1/s1. The van der Waals surface area contributed by atoms with Gasteiger partial charge in [0.1, 0.15) is 0 Å². The first kappa shape index (κ1) is 15.7. The van der Waals surface area contributed by atoms with Gasteiger partial charge in [0.2, 0.25) is 0 Å². The molecule has 0 amide bonds. The summed E-state index contributed by atoms with van der Waals surface area (Å²) in [5, 5.41) is -0.116. The van der Waals surface area contributed by atoms with Crippen LogP contribution in [0.4, 0.5) is 0 Å². The highest BCUT2D eigenvalue weighted by Crippen LogP contribution is 2.53. The number of hydrogen-bond acceptors (Lipinski definition) is 4. The first-order valence-corrected chi connectivity index (χ1v) is 8.55. The summed E-state index contributed by atoms with van der Waals surface area (Å²) < 4.78 is 30.5. The van der Waals surface area contributed by atoms with Crippen molar-refractivity contribution < 1.29 is 13.2 Å². The summed E-state index contributed by atoms with van der Waals surface area (Å²) >= 11 is 10.8. The molecule has 2 atom stereocenters. The number of benzene rings is 1. The van der Waals surface area contributed by atoms with E-state index in [-0.39, 0.29) is 16.5 Å². The Hall–Kier alpha value is -0.690. The van der Waals surface area contributed by atoms with Crippen LogP contribution in [0.5, 0.6) is 0 Å². The molecule has 1 aliphatic carbocycles. The molecule has 0 unspecified atom stereocenters. The van der Waals surface area contributed by atoms with Crippen LogP contribution in [0.1, 0.15) is 13.3 Å². The highest BCUT2D eigenvalue weighted by molar-refractivity contribution is 7.92. The molecule has 20 heavy (non-hydrogen) atoms. The number of ether oxygens (including phenoxy) is 1. The lowest BCUT2D eigenvalue weighted by Crippen LogP contribution is -2.33. The second-order valence-electron chi connectivity index (χ2n) is 4.85. The molecule has 4 nitrogen and oxygen atoms in total. The Bertz CT molecular complexity index is 615. The van der Waals surface area contributed by atoms with Crippen LogP contribution in [-0.4, -0.2) is 31.9 Å². The number of thiocarbonyl (C=S) groups is 1. The normalized spacial score (nSPS) is 25.4. The van der Waals surface area contributed by atoms with E-state index >= 15 is 0 Å². The average Bonchev–Trinajstić information content (AvgIpc) is 3.14. The predicted octanol–water partition coefficient (Wildman–Crippen LogP) is 2.20. The van der Waals surface area contributed by atoms with Gasteiger partial charge in [0.25, 0.3) is 0 Å². The number of sulfone groups is 1. The highest BCUT2D eigenvalue weighted by atomic mass is 35.5. The lowest BCUT2D eigenvalue weighted by atomic mass is 10.1. The van der Waals surface area contributed by atoms with Crippen molar-refractivity contribution >= 4 is 38.6 Å². The summed E-state index contributed by atoms with van der Waals surface area (Å²) in [5.41, 5.74) is 5.00. The Balaban J connectivity index is 2.28. The lowest BCUT2D eigenvalue weighted by Gasteiger charge is -2.15. The highest BCUT2D eigenvalue weighted by Gasteiger charge is 2.63. The maximum atomic E-state index is 12.6. The maximum Gasteiger partial charge on any atom is 0.182 e. The molecule has 2 rings (SSSR count). The van der Waals surface area contributed by atoms with Gasteiger partial charge in [0.15, 0.2) is 9.84 Å². The van der Waals surface area contributed by atoms with Gasteiger partial charge in [-0.15, -0.1) is 0 Å². The zero-order chi connectivity index (χ0) is 15.0. The fourth-order valence-electron chi connectivity index (χ4n) is 2.23. The van der Waals surface area contributed by atoms with Crippen LogP contribution in [0.25, 0.3) is 0 Å². The molecule has 0 radical (unpaired) electrons. The zero-order valence-electron chi connectivity index (χ0n) is 11.0. The number of nitrogens with two attached hydrogens (primary N) is 1. The van der Waals surface area contributed by atoms with Gasteiger partial charge in [-0.25, -0.2) is 8.42 Å². The van der Waals surface area contributed by atoms with E-state index in [9.17, 15) is 8.42 Å². The first-order chi connectivity index (χ1) is 9.34. The van der Waals surface area contributed by atoms with Crippen molar-refractivity contribution in [2.24, 2.45) is 11.1 Å². The summed E-state index contributed by atoms with van der Waals surface area (Å²) in [6.45, 7) is 2.59. The minimum atomic E-state index is -3.47. The Morgan fingerprint density at radius 1 is 1.50 bits per heavy atom. The van der Waals surface area contributed by atoms with Crippen LogP contribution < -0.4 is 5.73 Å². The molecule has 1 aliphatic rings. The van der Waals surface area contributed by atoms with Crippen molar-refractivity contribution in [3.63, 3.8) is 0 Å². The number of hydrogen-bond donors (Lipinski definition) is 1. The van der Waals surface area contributed by atoms with Crippen molar-refractivity contribution in [2.75, 3.05) is 13.2 Å². The van der Waals surface area contributed by atoms with E-state index in [1.807, 2.05) is 6.92 Å². The van der Waals surface area contributed by atoms with E-state index in [4.69, 9.17) is 34.3 Å². The third kappa shape index (κ3) is 2.70. The van der Waals surface area contributed by atoms with E-state index in [1.165, 1.54) is 12.1 Å². The monoisotopic (exact) mass is 333 g/mol. The molecule has 1 aromatic carbocycles.